The number of amides is 1. The quantitative estimate of drug-likeness (QED) is 0.638. The predicted molar refractivity (Wildman–Crippen MR) is 126 cm³/mol. The zero-order chi connectivity index (χ0) is 25.4. The van der Waals surface area contributed by atoms with E-state index in [9.17, 15) is 23.9 Å². The summed E-state index contributed by atoms with van der Waals surface area (Å²) in [5.74, 6) is -2.23. The maximum Gasteiger partial charge on any atom is 0.407 e. The first-order valence-electron chi connectivity index (χ1n) is 11.5. The number of alkyl halides is 1. The maximum atomic E-state index is 15.6. The van der Waals surface area contributed by atoms with E-state index in [2.05, 4.69) is 5.32 Å². The van der Waals surface area contributed by atoms with Crippen LogP contribution in [0.4, 0.5) is 19.3 Å². The fraction of sp³-hybridized carbons (Fsp3) is 0.542. The van der Waals surface area contributed by atoms with Crippen LogP contribution in [-0.2, 0) is 4.74 Å². The van der Waals surface area contributed by atoms with Gasteiger partial charge in [-0.05, 0) is 39.7 Å². The van der Waals surface area contributed by atoms with Gasteiger partial charge in [0, 0.05) is 31.1 Å². The van der Waals surface area contributed by atoms with Gasteiger partial charge in [-0.25, -0.2) is 18.4 Å². The number of aromatic carboxylic acids is 1. The molecular formula is C24H26ClF2N3O5. The summed E-state index contributed by atoms with van der Waals surface area (Å²) in [5.41, 5.74) is -2.23. The van der Waals surface area contributed by atoms with E-state index in [1.54, 1.807) is 25.7 Å². The number of pyridine rings is 1. The third kappa shape index (κ3) is 4.11. The molecule has 3 aliphatic rings. The molecule has 188 valence electrons. The number of benzene rings is 1. The molecule has 3 fully saturated rings. The summed E-state index contributed by atoms with van der Waals surface area (Å²) in [5, 5.41) is 12.0. The summed E-state index contributed by atoms with van der Waals surface area (Å²) in [6, 6.07) is 0.290. The van der Waals surface area contributed by atoms with Crippen LogP contribution >= 0.6 is 11.6 Å². The van der Waals surface area contributed by atoms with Crippen LogP contribution in [0.2, 0.25) is 5.02 Å². The molecule has 35 heavy (non-hydrogen) atoms. The number of halogens is 3. The number of hydrogen-bond donors (Lipinski definition) is 2. The van der Waals surface area contributed by atoms with Crippen molar-refractivity contribution in [2.75, 3.05) is 18.0 Å². The van der Waals surface area contributed by atoms with E-state index in [1.165, 1.54) is 10.6 Å². The summed E-state index contributed by atoms with van der Waals surface area (Å²) in [4.78, 5) is 38.8. The fourth-order valence-corrected chi connectivity index (χ4v) is 5.28. The van der Waals surface area contributed by atoms with Crippen molar-refractivity contribution in [2.45, 2.75) is 63.9 Å². The molecule has 1 saturated heterocycles. The number of carboxylic acids is 1. The standard InChI is InChI=1S/C24H26ClF2N3O5/c1-23(2,3)35-22(34)28-16-9-29(10-24(16)4-5-24)15-6-11-19(17(25)18(15)27)30(14-7-13(14)26)8-12(20(11)31)21(32)33/h6,8,13-14,16H,4-5,7,9-10H2,1-3H3,(H,28,34)(H,32,33)/t13-,14+,16+/m0/s1. The lowest BCUT2D eigenvalue weighted by Gasteiger charge is -2.24. The predicted octanol–water partition coefficient (Wildman–Crippen LogP) is 4.27. The normalized spacial score (nSPS) is 24.6. The SMILES string of the molecule is CC(C)(C)OC(=O)N[C@@H]1CN(c2cc3c(=O)c(C(=O)O)cn([C@@H]4C[C@@H]4F)c3c(Cl)c2F)CC12CC2. The topological polar surface area (TPSA) is 101 Å². The minimum atomic E-state index is -1.46. The van der Waals surface area contributed by atoms with Crippen LogP contribution in [0.25, 0.3) is 10.9 Å². The number of carboxylic acid groups (broad SMARTS) is 1. The lowest BCUT2D eigenvalue weighted by molar-refractivity contribution is 0.0493. The molecule has 2 N–H and O–H groups in total. The van der Waals surface area contributed by atoms with E-state index in [0.29, 0.717) is 6.54 Å². The Morgan fingerprint density at radius 3 is 2.51 bits per heavy atom. The van der Waals surface area contributed by atoms with E-state index in [4.69, 9.17) is 16.3 Å². The summed E-state index contributed by atoms with van der Waals surface area (Å²) in [6.07, 6.45) is 1.05. The Morgan fingerprint density at radius 1 is 1.31 bits per heavy atom. The first kappa shape index (κ1) is 23.8. The lowest BCUT2D eigenvalue weighted by atomic mass is 10.0. The zero-order valence-corrected chi connectivity index (χ0v) is 20.3. The number of nitrogens with zero attached hydrogens (tertiary/aromatic N) is 2. The lowest BCUT2D eigenvalue weighted by Crippen LogP contribution is -2.44. The minimum Gasteiger partial charge on any atom is -0.477 e. The van der Waals surface area contributed by atoms with Gasteiger partial charge in [-0.2, -0.15) is 0 Å². The molecule has 3 atom stereocenters. The molecule has 1 amide bonds. The van der Waals surface area contributed by atoms with E-state index in [0.717, 1.165) is 19.0 Å². The molecule has 1 aromatic carbocycles. The van der Waals surface area contributed by atoms with Crippen LogP contribution in [0.3, 0.4) is 0 Å². The van der Waals surface area contributed by atoms with E-state index < -0.39 is 46.7 Å². The number of anilines is 1. The number of carbonyl (C=O) groups excluding carboxylic acids is 1. The Kier molecular flexibility index (Phi) is 5.32. The van der Waals surface area contributed by atoms with E-state index >= 15 is 4.39 Å². The molecule has 1 aromatic heterocycles. The van der Waals surface area contributed by atoms with Crippen LogP contribution < -0.4 is 15.6 Å². The molecule has 1 aliphatic heterocycles. The first-order valence-corrected chi connectivity index (χ1v) is 11.9. The molecule has 5 rings (SSSR count). The Bertz CT molecular complexity index is 1320. The van der Waals surface area contributed by atoms with Gasteiger partial charge in [-0.3, -0.25) is 4.79 Å². The van der Waals surface area contributed by atoms with E-state index in [-0.39, 0.29) is 46.0 Å². The van der Waals surface area contributed by atoms with Gasteiger partial charge in [-0.1, -0.05) is 11.6 Å². The molecule has 8 nitrogen and oxygen atoms in total. The minimum absolute atomic E-state index is 0.0168. The monoisotopic (exact) mass is 509 g/mol. The molecule has 1 spiro atoms. The van der Waals surface area contributed by atoms with Crippen molar-refractivity contribution in [3.63, 3.8) is 0 Å². The van der Waals surface area contributed by atoms with Crippen molar-refractivity contribution in [2.24, 2.45) is 5.41 Å². The number of nitrogens with one attached hydrogen (secondary N) is 1. The van der Waals surface area contributed by atoms with Crippen molar-refractivity contribution in [3.8, 4) is 0 Å². The van der Waals surface area contributed by atoms with Crippen molar-refractivity contribution >= 4 is 40.3 Å². The second-order valence-corrected chi connectivity index (χ2v) is 11.1. The highest BCUT2D eigenvalue weighted by molar-refractivity contribution is 6.35. The van der Waals surface area contributed by atoms with Gasteiger partial charge < -0.3 is 24.6 Å². The maximum absolute atomic E-state index is 15.6. The van der Waals surface area contributed by atoms with Crippen LogP contribution in [0.1, 0.15) is 56.4 Å². The number of carbonyl (C=O) groups is 2. The van der Waals surface area contributed by atoms with Gasteiger partial charge in [-0.15, -0.1) is 0 Å². The van der Waals surface area contributed by atoms with Crippen LogP contribution in [0.15, 0.2) is 17.1 Å². The Labute approximate surface area is 204 Å². The smallest absolute Gasteiger partial charge is 0.407 e. The number of rotatable bonds is 4. The second-order valence-electron chi connectivity index (χ2n) is 10.8. The average Bonchev–Trinajstić information content (AvgIpc) is 3.63. The van der Waals surface area contributed by atoms with Gasteiger partial charge in [0.15, 0.2) is 5.82 Å². The van der Waals surface area contributed by atoms with Crippen molar-refractivity contribution in [1.82, 2.24) is 9.88 Å². The molecule has 2 aromatic rings. The first-order chi connectivity index (χ1) is 16.3. The molecule has 0 bridgehead atoms. The van der Waals surface area contributed by atoms with Crippen LogP contribution in [0, 0.1) is 11.2 Å². The van der Waals surface area contributed by atoms with Crippen LogP contribution in [-0.4, -0.2) is 52.6 Å². The Morgan fingerprint density at radius 2 is 1.97 bits per heavy atom. The summed E-state index contributed by atoms with van der Waals surface area (Å²) >= 11 is 6.40. The number of hydrogen-bond acceptors (Lipinski definition) is 5. The number of fused-ring (bicyclic) bond motifs is 1. The van der Waals surface area contributed by atoms with Crippen molar-refractivity contribution < 1.29 is 28.2 Å². The largest absolute Gasteiger partial charge is 0.477 e. The highest BCUT2D eigenvalue weighted by atomic mass is 35.5. The second kappa shape index (κ2) is 7.81. The third-order valence-electron chi connectivity index (χ3n) is 7.02. The fourth-order valence-electron chi connectivity index (χ4n) is 4.99. The molecule has 11 heteroatoms. The Balaban J connectivity index is 1.55. The van der Waals surface area contributed by atoms with Crippen molar-refractivity contribution in [1.29, 1.82) is 0 Å². The molecule has 2 saturated carbocycles. The summed E-state index contributed by atoms with van der Waals surface area (Å²) < 4.78 is 36.1. The van der Waals surface area contributed by atoms with Gasteiger partial charge in [0.1, 0.15) is 22.4 Å². The van der Waals surface area contributed by atoms with Crippen molar-refractivity contribution in [3.05, 3.63) is 38.9 Å². The molecular weight excluding hydrogens is 484 g/mol. The molecule has 2 heterocycles. The molecule has 0 unspecified atom stereocenters. The Hall–Kier alpha value is -2.88. The van der Waals surface area contributed by atoms with Crippen LogP contribution in [0.5, 0.6) is 0 Å². The zero-order valence-electron chi connectivity index (χ0n) is 19.5. The highest BCUT2D eigenvalue weighted by Crippen LogP contribution is 2.54. The molecule has 0 radical (unpaired) electrons. The third-order valence-corrected chi connectivity index (χ3v) is 7.36. The van der Waals surface area contributed by atoms with E-state index in [1.807, 2.05) is 0 Å². The molecule has 2 aliphatic carbocycles. The van der Waals surface area contributed by atoms with Gasteiger partial charge in [0.25, 0.3) is 0 Å². The average molecular weight is 510 g/mol. The number of aromatic nitrogens is 1. The van der Waals surface area contributed by atoms with Gasteiger partial charge in [0.05, 0.1) is 28.7 Å². The number of ether oxygens (including phenoxy) is 1. The summed E-state index contributed by atoms with van der Waals surface area (Å²) in [6.45, 7) is 5.97. The number of alkyl carbamates (subject to hydrolysis) is 1. The summed E-state index contributed by atoms with van der Waals surface area (Å²) in [7, 11) is 0. The van der Waals surface area contributed by atoms with Gasteiger partial charge in [0.2, 0.25) is 5.43 Å². The highest BCUT2D eigenvalue weighted by Gasteiger charge is 2.56. The van der Waals surface area contributed by atoms with Gasteiger partial charge >= 0.3 is 12.1 Å².